The van der Waals surface area contributed by atoms with Gasteiger partial charge in [0.2, 0.25) is 0 Å². The highest BCUT2D eigenvalue weighted by atomic mass is 15.3. The maximum atomic E-state index is 4.47. The first kappa shape index (κ1) is 11.5. The molecule has 0 spiro atoms. The minimum atomic E-state index is 0.981. The summed E-state index contributed by atoms with van der Waals surface area (Å²) in [7, 11) is 5.59. The van der Waals surface area contributed by atoms with Gasteiger partial charge >= 0.3 is 0 Å². The van der Waals surface area contributed by atoms with E-state index < -0.39 is 0 Å². The molecule has 0 amide bonds. The molecule has 0 aliphatic heterocycles. The van der Waals surface area contributed by atoms with Crippen LogP contribution in [0.5, 0.6) is 0 Å². The average Bonchev–Trinajstić information content (AvgIpc) is 2.50. The first-order chi connectivity index (χ1) is 7.15. The van der Waals surface area contributed by atoms with Crippen LogP contribution < -0.4 is 5.32 Å². The number of nitrogens with one attached hydrogen (secondary N) is 1. The van der Waals surface area contributed by atoms with E-state index >= 15 is 0 Å². The van der Waals surface area contributed by atoms with E-state index in [0.717, 1.165) is 22.6 Å². The highest BCUT2D eigenvalue weighted by molar-refractivity contribution is 6.09. The third-order valence-corrected chi connectivity index (χ3v) is 2.37. The predicted molar refractivity (Wildman–Crippen MR) is 65.6 cm³/mol. The zero-order chi connectivity index (χ0) is 11.4. The maximum absolute atomic E-state index is 4.47. The SMILES string of the molecule is C/C=C(\C=N/C)c1nn(C)c(NC)c1C. The molecule has 4 heteroatoms. The van der Waals surface area contributed by atoms with Gasteiger partial charge in [-0.05, 0) is 13.8 Å². The van der Waals surface area contributed by atoms with E-state index in [9.17, 15) is 0 Å². The van der Waals surface area contributed by atoms with Gasteiger partial charge in [-0.3, -0.25) is 9.67 Å². The van der Waals surface area contributed by atoms with Gasteiger partial charge in [0.25, 0.3) is 0 Å². The standard InChI is InChI=1S/C11H18N4/c1-6-9(7-12-3)10-8(2)11(13-4)15(5)14-10/h6-7,13H,1-5H3/b9-6+,12-7-. The number of aromatic nitrogens is 2. The third-order valence-electron chi connectivity index (χ3n) is 2.37. The smallest absolute Gasteiger partial charge is 0.127 e. The number of aliphatic imine (C=N–C) groups is 1. The van der Waals surface area contributed by atoms with Crippen LogP contribution in [0.2, 0.25) is 0 Å². The Morgan fingerprint density at radius 2 is 2.20 bits per heavy atom. The fourth-order valence-corrected chi connectivity index (χ4v) is 1.66. The van der Waals surface area contributed by atoms with Gasteiger partial charge in [-0.15, -0.1) is 0 Å². The van der Waals surface area contributed by atoms with Gasteiger partial charge < -0.3 is 5.32 Å². The molecule has 0 aliphatic carbocycles. The van der Waals surface area contributed by atoms with Crippen LogP contribution in [0.1, 0.15) is 18.2 Å². The van der Waals surface area contributed by atoms with Crippen molar-refractivity contribution in [1.82, 2.24) is 9.78 Å². The first-order valence-corrected chi connectivity index (χ1v) is 4.95. The minimum Gasteiger partial charge on any atom is -0.373 e. The van der Waals surface area contributed by atoms with Crippen LogP contribution in [0.3, 0.4) is 0 Å². The van der Waals surface area contributed by atoms with Crippen LogP contribution in [-0.2, 0) is 7.05 Å². The van der Waals surface area contributed by atoms with Crippen molar-refractivity contribution in [3.8, 4) is 0 Å². The van der Waals surface area contributed by atoms with Crippen LogP contribution in [0, 0.1) is 6.92 Å². The van der Waals surface area contributed by atoms with Gasteiger partial charge in [-0.2, -0.15) is 5.10 Å². The summed E-state index contributed by atoms with van der Waals surface area (Å²) < 4.78 is 1.84. The van der Waals surface area contributed by atoms with Gasteiger partial charge in [-0.1, -0.05) is 6.08 Å². The summed E-state index contributed by atoms with van der Waals surface area (Å²) in [6.45, 7) is 4.05. The van der Waals surface area contributed by atoms with Gasteiger partial charge in [0.1, 0.15) is 5.82 Å². The Labute approximate surface area is 90.7 Å². The third kappa shape index (κ3) is 2.09. The molecule has 0 unspecified atom stereocenters. The van der Waals surface area contributed by atoms with Crippen molar-refractivity contribution in [3.63, 3.8) is 0 Å². The number of nitrogens with zero attached hydrogens (tertiary/aromatic N) is 3. The first-order valence-electron chi connectivity index (χ1n) is 4.95. The Morgan fingerprint density at radius 1 is 1.53 bits per heavy atom. The molecule has 0 atom stereocenters. The van der Waals surface area contributed by atoms with E-state index in [2.05, 4.69) is 22.3 Å². The topological polar surface area (TPSA) is 42.2 Å². The summed E-state index contributed by atoms with van der Waals surface area (Å²) >= 11 is 0. The number of hydrogen-bond acceptors (Lipinski definition) is 3. The maximum Gasteiger partial charge on any atom is 0.127 e. The second-order valence-electron chi connectivity index (χ2n) is 3.33. The summed E-state index contributed by atoms with van der Waals surface area (Å²) in [4.78, 5) is 4.03. The normalized spacial score (nSPS) is 12.5. The summed E-state index contributed by atoms with van der Waals surface area (Å²) in [6, 6.07) is 0. The molecule has 1 N–H and O–H groups in total. The fourth-order valence-electron chi connectivity index (χ4n) is 1.66. The zero-order valence-corrected chi connectivity index (χ0v) is 10.00. The van der Waals surface area contributed by atoms with E-state index in [4.69, 9.17) is 0 Å². The molecule has 0 fully saturated rings. The largest absolute Gasteiger partial charge is 0.373 e. The van der Waals surface area contributed by atoms with Crippen LogP contribution in [0.15, 0.2) is 11.1 Å². The number of anilines is 1. The monoisotopic (exact) mass is 206 g/mol. The predicted octanol–water partition coefficient (Wildman–Crippen LogP) is 1.87. The van der Waals surface area contributed by atoms with Gasteiger partial charge in [0.15, 0.2) is 0 Å². The molecule has 1 aromatic rings. The molecule has 4 nitrogen and oxygen atoms in total. The van der Waals surface area contributed by atoms with Crippen LogP contribution in [0.25, 0.3) is 5.57 Å². The molecule has 0 saturated carbocycles. The van der Waals surface area contributed by atoms with Crippen LogP contribution in [0.4, 0.5) is 5.82 Å². The zero-order valence-electron chi connectivity index (χ0n) is 10.00. The molecule has 1 aromatic heterocycles. The molecule has 15 heavy (non-hydrogen) atoms. The second kappa shape index (κ2) is 4.77. The van der Waals surface area contributed by atoms with E-state index in [0.29, 0.717) is 0 Å². The molecule has 0 saturated heterocycles. The number of rotatable bonds is 3. The van der Waals surface area contributed by atoms with Crippen molar-refractivity contribution >= 4 is 17.6 Å². The van der Waals surface area contributed by atoms with E-state index in [1.807, 2.05) is 38.0 Å². The Balaban J connectivity index is 3.26. The van der Waals surface area contributed by atoms with Crippen molar-refractivity contribution in [2.24, 2.45) is 12.0 Å². The van der Waals surface area contributed by atoms with Gasteiger partial charge in [-0.25, -0.2) is 0 Å². The van der Waals surface area contributed by atoms with Crippen molar-refractivity contribution in [2.45, 2.75) is 13.8 Å². The molecule has 0 aromatic carbocycles. The van der Waals surface area contributed by atoms with Crippen LogP contribution in [-0.4, -0.2) is 30.1 Å². The second-order valence-corrected chi connectivity index (χ2v) is 3.33. The summed E-state index contributed by atoms with van der Waals surface area (Å²) in [6.07, 6.45) is 3.84. The molecular formula is C11H18N4. The van der Waals surface area contributed by atoms with Crippen molar-refractivity contribution in [3.05, 3.63) is 17.3 Å². The molecule has 1 rings (SSSR count). The Hall–Kier alpha value is -1.58. The lowest BCUT2D eigenvalue weighted by Crippen LogP contribution is -1.98. The fraction of sp³-hybridized carbons (Fsp3) is 0.455. The summed E-state index contributed by atoms with van der Waals surface area (Å²) in [5.74, 6) is 1.04. The quantitative estimate of drug-likeness (QED) is 0.767. The molecule has 0 aliphatic rings. The Kier molecular flexibility index (Phi) is 3.66. The lowest BCUT2D eigenvalue weighted by molar-refractivity contribution is 0.770. The average molecular weight is 206 g/mol. The van der Waals surface area contributed by atoms with E-state index in [-0.39, 0.29) is 0 Å². The number of allylic oxidation sites excluding steroid dienone is 2. The number of aryl methyl sites for hydroxylation is 1. The van der Waals surface area contributed by atoms with Crippen molar-refractivity contribution in [1.29, 1.82) is 0 Å². The van der Waals surface area contributed by atoms with Crippen LogP contribution >= 0.6 is 0 Å². The molecule has 82 valence electrons. The molecular weight excluding hydrogens is 188 g/mol. The van der Waals surface area contributed by atoms with E-state index in [1.54, 1.807) is 7.05 Å². The lowest BCUT2D eigenvalue weighted by atomic mass is 10.1. The minimum absolute atomic E-state index is 0.981. The highest BCUT2D eigenvalue weighted by Gasteiger charge is 2.12. The summed E-state index contributed by atoms with van der Waals surface area (Å²) in [5, 5.41) is 7.60. The van der Waals surface area contributed by atoms with Crippen molar-refractivity contribution < 1.29 is 0 Å². The highest BCUT2D eigenvalue weighted by Crippen LogP contribution is 2.22. The molecule has 0 bridgehead atoms. The van der Waals surface area contributed by atoms with Crippen molar-refractivity contribution in [2.75, 3.05) is 19.4 Å². The Bertz CT molecular complexity index is 399. The number of hydrogen-bond donors (Lipinski definition) is 1. The van der Waals surface area contributed by atoms with Gasteiger partial charge in [0.05, 0.1) is 5.69 Å². The summed E-state index contributed by atoms with van der Waals surface area (Å²) in [5.41, 5.74) is 3.18. The lowest BCUT2D eigenvalue weighted by Gasteiger charge is -2.00. The Morgan fingerprint density at radius 3 is 2.60 bits per heavy atom. The van der Waals surface area contributed by atoms with E-state index in [1.165, 1.54) is 0 Å². The molecule has 1 heterocycles. The molecule has 0 radical (unpaired) electrons. The van der Waals surface area contributed by atoms with Gasteiger partial charge in [0, 0.05) is 38.5 Å².